The summed E-state index contributed by atoms with van der Waals surface area (Å²) in [6, 6.07) is 11.4. The van der Waals surface area contributed by atoms with Crippen molar-refractivity contribution in [3.05, 3.63) is 57.6 Å². The number of nitrogens with zero attached hydrogens (tertiary/aromatic N) is 1. The van der Waals surface area contributed by atoms with Crippen molar-refractivity contribution in [2.24, 2.45) is 0 Å². The standard InChI is InChI=1S/C21H28Cl2N2O2/c1-4-25(5-2)12-11-24-14-16-9-10-20(21(13-16)26-3)27-15-17-18(22)7-6-8-19(17)23/h6-10,13,24H,4-5,11-12,14-15H2,1-3H3. The molecule has 0 fully saturated rings. The van der Waals surface area contributed by atoms with E-state index in [4.69, 9.17) is 32.7 Å². The van der Waals surface area contributed by atoms with Gasteiger partial charge in [0.25, 0.3) is 0 Å². The van der Waals surface area contributed by atoms with Gasteiger partial charge >= 0.3 is 0 Å². The molecule has 0 heterocycles. The molecule has 0 aliphatic rings. The summed E-state index contributed by atoms with van der Waals surface area (Å²) in [6.45, 7) is 9.59. The molecule has 0 aliphatic carbocycles. The molecule has 0 aromatic heterocycles. The van der Waals surface area contributed by atoms with Gasteiger partial charge in [0.1, 0.15) is 6.61 Å². The predicted molar refractivity (Wildman–Crippen MR) is 113 cm³/mol. The molecule has 0 spiro atoms. The van der Waals surface area contributed by atoms with Gasteiger partial charge in [-0.05, 0) is 42.9 Å². The molecule has 2 aromatic carbocycles. The van der Waals surface area contributed by atoms with E-state index in [1.165, 1.54) is 0 Å². The van der Waals surface area contributed by atoms with Gasteiger partial charge in [-0.1, -0.05) is 49.2 Å². The zero-order chi connectivity index (χ0) is 19.6. The summed E-state index contributed by atoms with van der Waals surface area (Å²) in [7, 11) is 1.64. The lowest BCUT2D eigenvalue weighted by molar-refractivity contribution is 0.284. The smallest absolute Gasteiger partial charge is 0.161 e. The van der Waals surface area contributed by atoms with Crippen LogP contribution in [0.2, 0.25) is 10.0 Å². The molecular weight excluding hydrogens is 383 g/mol. The number of hydrogen-bond donors (Lipinski definition) is 1. The van der Waals surface area contributed by atoms with Crippen molar-refractivity contribution in [2.45, 2.75) is 27.0 Å². The van der Waals surface area contributed by atoms with Crippen LogP contribution in [0.3, 0.4) is 0 Å². The molecule has 27 heavy (non-hydrogen) atoms. The average Bonchev–Trinajstić information content (AvgIpc) is 2.68. The topological polar surface area (TPSA) is 33.7 Å². The Labute approximate surface area is 172 Å². The molecule has 0 amide bonds. The fourth-order valence-corrected chi connectivity index (χ4v) is 3.28. The molecule has 4 nitrogen and oxygen atoms in total. The summed E-state index contributed by atoms with van der Waals surface area (Å²) in [5.41, 5.74) is 1.92. The molecule has 0 saturated carbocycles. The lowest BCUT2D eigenvalue weighted by Crippen LogP contribution is -2.31. The Morgan fingerprint density at radius 3 is 2.33 bits per heavy atom. The van der Waals surface area contributed by atoms with Crippen molar-refractivity contribution in [1.29, 1.82) is 0 Å². The van der Waals surface area contributed by atoms with Gasteiger partial charge in [-0.15, -0.1) is 0 Å². The van der Waals surface area contributed by atoms with Crippen LogP contribution in [0.4, 0.5) is 0 Å². The van der Waals surface area contributed by atoms with Crippen molar-refractivity contribution in [3.63, 3.8) is 0 Å². The summed E-state index contributed by atoms with van der Waals surface area (Å²) in [5, 5.41) is 4.66. The summed E-state index contributed by atoms with van der Waals surface area (Å²) < 4.78 is 11.4. The fraction of sp³-hybridized carbons (Fsp3) is 0.429. The number of ether oxygens (including phenoxy) is 2. The minimum Gasteiger partial charge on any atom is -0.493 e. The molecule has 0 saturated heterocycles. The second-order valence-electron chi connectivity index (χ2n) is 6.18. The number of rotatable bonds is 11. The summed E-state index contributed by atoms with van der Waals surface area (Å²) in [5.74, 6) is 1.36. The molecule has 0 aliphatic heterocycles. The Balaban J connectivity index is 1.93. The van der Waals surface area contributed by atoms with Gasteiger partial charge in [0.15, 0.2) is 11.5 Å². The number of halogens is 2. The van der Waals surface area contributed by atoms with Crippen LogP contribution in [0.25, 0.3) is 0 Å². The Hall–Kier alpha value is -1.46. The zero-order valence-corrected chi connectivity index (χ0v) is 17.7. The maximum atomic E-state index is 6.20. The number of benzene rings is 2. The third kappa shape index (κ3) is 6.58. The van der Waals surface area contributed by atoms with E-state index in [2.05, 4.69) is 24.1 Å². The quantitative estimate of drug-likeness (QED) is 0.527. The summed E-state index contributed by atoms with van der Waals surface area (Å²) in [4.78, 5) is 2.39. The molecule has 2 rings (SSSR count). The van der Waals surface area contributed by atoms with Gasteiger partial charge in [0.05, 0.1) is 7.11 Å². The van der Waals surface area contributed by atoms with Gasteiger partial charge in [-0.25, -0.2) is 0 Å². The van der Waals surface area contributed by atoms with E-state index < -0.39 is 0 Å². The largest absolute Gasteiger partial charge is 0.493 e. The molecule has 0 radical (unpaired) electrons. The lowest BCUT2D eigenvalue weighted by Gasteiger charge is -2.18. The molecule has 0 atom stereocenters. The fourth-order valence-electron chi connectivity index (χ4n) is 2.77. The molecule has 2 aromatic rings. The van der Waals surface area contributed by atoms with E-state index in [9.17, 15) is 0 Å². The highest BCUT2D eigenvalue weighted by Crippen LogP contribution is 2.31. The van der Waals surface area contributed by atoms with Crippen molar-refractivity contribution >= 4 is 23.2 Å². The van der Waals surface area contributed by atoms with Crippen LogP contribution >= 0.6 is 23.2 Å². The van der Waals surface area contributed by atoms with Crippen LogP contribution < -0.4 is 14.8 Å². The van der Waals surface area contributed by atoms with Crippen molar-refractivity contribution in [1.82, 2.24) is 10.2 Å². The van der Waals surface area contributed by atoms with Crippen molar-refractivity contribution in [3.8, 4) is 11.5 Å². The van der Waals surface area contributed by atoms with E-state index in [0.29, 0.717) is 21.5 Å². The maximum Gasteiger partial charge on any atom is 0.161 e. The van der Waals surface area contributed by atoms with Crippen LogP contribution in [0, 0.1) is 0 Å². The van der Waals surface area contributed by atoms with E-state index in [0.717, 1.165) is 43.9 Å². The van der Waals surface area contributed by atoms with Crippen LogP contribution in [0.1, 0.15) is 25.0 Å². The Morgan fingerprint density at radius 1 is 1.00 bits per heavy atom. The van der Waals surface area contributed by atoms with Gasteiger partial charge in [-0.2, -0.15) is 0 Å². The molecule has 0 unspecified atom stereocenters. The van der Waals surface area contributed by atoms with Crippen LogP contribution in [-0.2, 0) is 13.2 Å². The molecule has 0 bridgehead atoms. The van der Waals surface area contributed by atoms with Gasteiger partial charge in [0, 0.05) is 35.2 Å². The number of hydrogen-bond acceptors (Lipinski definition) is 4. The minimum absolute atomic E-state index is 0.288. The first-order valence-corrected chi connectivity index (χ1v) is 10.00. The first kappa shape index (κ1) is 21.8. The number of nitrogens with one attached hydrogen (secondary N) is 1. The lowest BCUT2D eigenvalue weighted by atomic mass is 10.2. The van der Waals surface area contributed by atoms with Gasteiger partial charge < -0.3 is 19.7 Å². The maximum absolute atomic E-state index is 6.20. The Kier molecular flexibility index (Phi) is 9.22. The molecule has 148 valence electrons. The first-order chi connectivity index (χ1) is 13.1. The van der Waals surface area contributed by atoms with Crippen LogP contribution in [0.15, 0.2) is 36.4 Å². The van der Waals surface area contributed by atoms with Gasteiger partial charge in [0.2, 0.25) is 0 Å². The van der Waals surface area contributed by atoms with Crippen molar-refractivity contribution < 1.29 is 9.47 Å². The molecular formula is C21H28Cl2N2O2. The third-order valence-electron chi connectivity index (χ3n) is 4.49. The monoisotopic (exact) mass is 410 g/mol. The molecule has 1 N–H and O–H groups in total. The average molecular weight is 411 g/mol. The zero-order valence-electron chi connectivity index (χ0n) is 16.2. The third-order valence-corrected chi connectivity index (χ3v) is 5.20. The van der Waals surface area contributed by atoms with Crippen LogP contribution in [0.5, 0.6) is 11.5 Å². The number of methoxy groups -OCH3 is 1. The van der Waals surface area contributed by atoms with E-state index >= 15 is 0 Å². The highest BCUT2D eigenvalue weighted by molar-refractivity contribution is 6.35. The highest BCUT2D eigenvalue weighted by atomic mass is 35.5. The Morgan fingerprint density at radius 2 is 1.70 bits per heavy atom. The summed E-state index contributed by atoms with van der Waals surface area (Å²) in [6.07, 6.45) is 0. The first-order valence-electron chi connectivity index (χ1n) is 9.24. The second-order valence-corrected chi connectivity index (χ2v) is 6.99. The minimum atomic E-state index is 0.288. The number of likely N-dealkylation sites (N-methyl/N-ethyl adjacent to an activating group) is 1. The molecule has 6 heteroatoms. The second kappa shape index (κ2) is 11.4. The Bertz CT molecular complexity index is 701. The highest BCUT2D eigenvalue weighted by Gasteiger charge is 2.10. The van der Waals surface area contributed by atoms with Gasteiger partial charge in [-0.3, -0.25) is 0 Å². The predicted octanol–water partition coefficient (Wildman–Crippen LogP) is 5.01. The van der Waals surface area contributed by atoms with Crippen molar-refractivity contribution in [2.75, 3.05) is 33.3 Å². The van der Waals surface area contributed by atoms with Crippen LogP contribution in [-0.4, -0.2) is 38.2 Å². The van der Waals surface area contributed by atoms with E-state index in [1.54, 1.807) is 19.2 Å². The van der Waals surface area contributed by atoms with E-state index in [-0.39, 0.29) is 6.61 Å². The SMILES string of the molecule is CCN(CC)CCNCc1ccc(OCc2c(Cl)cccc2Cl)c(OC)c1. The van der Waals surface area contributed by atoms with E-state index in [1.807, 2.05) is 24.3 Å². The summed E-state index contributed by atoms with van der Waals surface area (Å²) >= 11 is 12.4. The normalized spacial score (nSPS) is 11.0.